The monoisotopic (exact) mass is 454 g/mol. The fraction of sp³-hybridized carbons (Fsp3) is 0.360. The van der Waals surface area contributed by atoms with Crippen molar-refractivity contribution in [3.8, 4) is 0 Å². The minimum Gasteiger partial charge on any atom is -0.480 e. The summed E-state index contributed by atoms with van der Waals surface area (Å²) in [6.07, 6.45) is 0.703. The Hall–Kier alpha value is -3.68. The van der Waals surface area contributed by atoms with Crippen molar-refractivity contribution in [2.24, 2.45) is 0 Å². The summed E-state index contributed by atoms with van der Waals surface area (Å²) in [7, 11) is 0. The Morgan fingerprint density at radius 1 is 0.879 bits per heavy atom. The van der Waals surface area contributed by atoms with E-state index in [4.69, 9.17) is 4.74 Å². The number of hydrogen-bond donors (Lipinski definition) is 3. The van der Waals surface area contributed by atoms with Crippen molar-refractivity contribution in [2.75, 3.05) is 6.54 Å². The van der Waals surface area contributed by atoms with Crippen LogP contribution in [0, 0.1) is 0 Å². The van der Waals surface area contributed by atoms with Crippen LogP contribution < -0.4 is 10.6 Å². The number of ether oxygens (including phenoxy) is 1. The third-order valence-electron chi connectivity index (χ3n) is 4.64. The van der Waals surface area contributed by atoms with Crippen LogP contribution in [0.1, 0.15) is 66.3 Å². The van der Waals surface area contributed by atoms with Crippen molar-refractivity contribution >= 4 is 23.8 Å². The number of nitrogens with one attached hydrogen (secondary N) is 2. The number of carbonyl (C=O) groups is 4. The van der Waals surface area contributed by atoms with E-state index in [0.29, 0.717) is 30.5 Å². The molecular formula is C25H30N2O6. The maximum Gasteiger partial charge on any atom is 0.407 e. The summed E-state index contributed by atoms with van der Waals surface area (Å²) in [4.78, 5) is 48.1. The standard InChI is InChI=1S/C25H30N2O6/c1-25(2,3)33-24(32)26-16-8-7-11-20(23(30)31)27-22(29)19-14-12-18(13-15-19)21(28)17-9-5-4-6-10-17/h4-6,9-10,12-15,20H,7-8,11,16H2,1-3H3,(H,26,32)(H,27,29)(H,30,31). The molecule has 0 saturated heterocycles. The zero-order valence-electron chi connectivity index (χ0n) is 19.1. The second kappa shape index (κ2) is 11.8. The van der Waals surface area contributed by atoms with Crippen molar-refractivity contribution < 1.29 is 29.0 Å². The molecule has 0 aliphatic rings. The van der Waals surface area contributed by atoms with Crippen LogP contribution in [0.3, 0.4) is 0 Å². The molecule has 8 nitrogen and oxygen atoms in total. The molecule has 2 aromatic rings. The first-order valence-corrected chi connectivity index (χ1v) is 10.8. The van der Waals surface area contributed by atoms with Gasteiger partial charge in [-0.3, -0.25) is 9.59 Å². The highest BCUT2D eigenvalue weighted by Gasteiger charge is 2.21. The van der Waals surface area contributed by atoms with Crippen LogP contribution in [0.5, 0.6) is 0 Å². The number of carboxylic acids is 1. The predicted octanol–water partition coefficient (Wildman–Crippen LogP) is 3.80. The van der Waals surface area contributed by atoms with Gasteiger partial charge in [-0.2, -0.15) is 0 Å². The van der Waals surface area contributed by atoms with E-state index in [9.17, 15) is 24.3 Å². The number of ketones is 1. The first kappa shape index (κ1) is 25.6. The second-order valence-electron chi connectivity index (χ2n) is 8.56. The average Bonchev–Trinajstić information content (AvgIpc) is 2.76. The number of carbonyl (C=O) groups excluding carboxylic acids is 3. The number of carboxylic acid groups (broad SMARTS) is 1. The lowest BCUT2D eigenvalue weighted by atomic mass is 10.0. The molecule has 0 aliphatic heterocycles. The van der Waals surface area contributed by atoms with E-state index in [1.807, 2.05) is 6.07 Å². The summed E-state index contributed by atoms with van der Waals surface area (Å²) >= 11 is 0. The van der Waals surface area contributed by atoms with Crippen molar-refractivity contribution in [1.82, 2.24) is 10.6 Å². The van der Waals surface area contributed by atoms with E-state index in [-0.39, 0.29) is 17.8 Å². The summed E-state index contributed by atoms with van der Waals surface area (Å²) < 4.78 is 5.13. The van der Waals surface area contributed by atoms with Gasteiger partial charge in [0, 0.05) is 23.2 Å². The van der Waals surface area contributed by atoms with Crippen LogP contribution in [-0.2, 0) is 9.53 Å². The van der Waals surface area contributed by atoms with Crippen molar-refractivity contribution in [2.45, 2.75) is 51.7 Å². The third kappa shape index (κ3) is 8.76. The van der Waals surface area contributed by atoms with E-state index in [1.54, 1.807) is 57.2 Å². The van der Waals surface area contributed by atoms with Gasteiger partial charge in [-0.1, -0.05) is 42.5 Å². The van der Waals surface area contributed by atoms with Gasteiger partial charge in [0.25, 0.3) is 5.91 Å². The Kier molecular flexibility index (Phi) is 9.15. The molecule has 0 fully saturated rings. The fourth-order valence-corrected chi connectivity index (χ4v) is 3.01. The average molecular weight is 455 g/mol. The Labute approximate surface area is 193 Å². The molecule has 1 unspecified atom stereocenters. The Morgan fingerprint density at radius 3 is 2.03 bits per heavy atom. The molecule has 8 heteroatoms. The largest absolute Gasteiger partial charge is 0.480 e. The number of alkyl carbamates (subject to hydrolysis) is 1. The van der Waals surface area contributed by atoms with Crippen LogP contribution in [0.25, 0.3) is 0 Å². The number of unbranched alkanes of at least 4 members (excludes halogenated alkanes) is 1. The number of amides is 2. The molecule has 0 spiro atoms. The molecule has 0 saturated carbocycles. The topological polar surface area (TPSA) is 122 Å². The molecule has 2 amide bonds. The first-order valence-electron chi connectivity index (χ1n) is 10.8. The van der Waals surface area contributed by atoms with Crippen molar-refractivity contribution in [3.05, 3.63) is 71.3 Å². The highest BCUT2D eigenvalue weighted by molar-refractivity contribution is 6.09. The smallest absolute Gasteiger partial charge is 0.407 e. The van der Waals surface area contributed by atoms with Crippen molar-refractivity contribution in [3.63, 3.8) is 0 Å². The highest BCUT2D eigenvalue weighted by Crippen LogP contribution is 2.12. The zero-order chi connectivity index (χ0) is 24.4. The highest BCUT2D eigenvalue weighted by atomic mass is 16.6. The lowest BCUT2D eigenvalue weighted by molar-refractivity contribution is -0.139. The molecule has 2 aromatic carbocycles. The molecule has 176 valence electrons. The van der Waals surface area contributed by atoms with E-state index in [2.05, 4.69) is 10.6 Å². The molecule has 0 heterocycles. The lowest BCUT2D eigenvalue weighted by Gasteiger charge is -2.19. The van der Waals surface area contributed by atoms with Crippen LogP contribution in [0.4, 0.5) is 4.79 Å². The van der Waals surface area contributed by atoms with E-state index in [0.717, 1.165) is 0 Å². The summed E-state index contributed by atoms with van der Waals surface area (Å²) in [5.41, 5.74) is 0.653. The lowest BCUT2D eigenvalue weighted by Crippen LogP contribution is -2.40. The number of benzene rings is 2. The predicted molar refractivity (Wildman–Crippen MR) is 123 cm³/mol. The van der Waals surface area contributed by atoms with Gasteiger partial charge in [0.1, 0.15) is 11.6 Å². The van der Waals surface area contributed by atoms with Crippen molar-refractivity contribution in [1.29, 1.82) is 0 Å². The summed E-state index contributed by atoms with van der Waals surface area (Å²) in [6, 6.07) is 13.8. The maximum absolute atomic E-state index is 12.5. The van der Waals surface area contributed by atoms with Crippen LogP contribution in [-0.4, -0.2) is 47.0 Å². The number of aliphatic carboxylic acids is 1. The minimum absolute atomic E-state index is 0.161. The van der Waals surface area contributed by atoms with Gasteiger partial charge in [0.05, 0.1) is 0 Å². The quantitative estimate of drug-likeness (QED) is 0.371. The van der Waals surface area contributed by atoms with Gasteiger partial charge < -0.3 is 20.5 Å². The second-order valence-corrected chi connectivity index (χ2v) is 8.56. The summed E-state index contributed by atoms with van der Waals surface area (Å²) in [5, 5.41) is 14.6. The van der Waals surface area contributed by atoms with Gasteiger partial charge in [0.2, 0.25) is 0 Å². The Balaban J connectivity index is 1.84. The zero-order valence-corrected chi connectivity index (χ0v) is 19.1. The molecule has 0 bridgehead atoms. The normalized spacial score (nSPS) is 11.8. The summed E-state index contributed by atoms with van der Waals surface area (Å²) in [6.45, 7) is 5.64. The molecule has 2 rings (SSSR count). The van der Waals surface area contributed by atoms with Gasteiger partial charge in [-0.15, -0.1) is 0 Å². The van der Waals surface area contributed by atoms with Gasteiger partial charge in [-0.25, -0.2) is 9.59 Å². The minimum atomic E-state index is -1.14. The van der Waals surface area contributed by atoms with Crippen LogP contribution in [0.2, 0.25) is 0 Å². The van der Waals surface area contributed by atoms with Gasteiger partial charge in [0.15, 0.2) is 5.78 Å². The molecule has 0 radical (unpaired) electrons. The number of rotatable bonds is 10. The Morgan fingerprint density at radius 2 is 1.45 bits per heavy atom. The van der Waals surface area contributed by atoms with Crippen LogP contribution in [0.15, 0.2) is 54.6 Å². The molecule has 0 aliphatic carbocycles. The molecule has 3 N–H and O–H groups in total. The molecule has 1 atom stereocenters. The molecular weight excluding hydrogens is 424 g/mol. The summed E-state index contributed by atoms with van der Waals surface area (Å²) in [5.74, 6) is -1.83. The fourth-order valence-electron chi connectivity index (χ4n) is 3.01. The molecule has 33 heavy (non-hydrogen) atoms. The third-order valence-corrected chi connectivity index (χ3v) is 4.64. The Bertz CT molecular complexity index is 965. The van der Waals surface area contributed by atoms with E-state index >= 15 is 0 Å². The maximum atomic E-state index is 12.5. The first-order chi connectivity index (χ1) is 15.6. The van der Waals surface area contributed by atoms with E-state index < -0.39 is 29.6 Å². The SMILES string of the molecule is CC(C)(C)OC(=O)NCCCCC(NC(=O)c1ccc(C(=O)c2ccccc2)cc1)C(=O)O. The number of hydrogen-bond acceptors (Lipinski definition) is 5. The van der Waals surface area contributed by atoms with Gasteiger partial charge >= 0.3 is 12.1 Å². The van der Waals surface area contributed by atoms with Crippen LogP contribution >= 0.6 is 0 Å². The van der Waals surface area contributed by atoms with E-state index in [1.165, 1.54) is 12.1 Å². The van der Waals surface area contributed by atoms with Gasteiger partial charge in [-0.05, 0) is 52.2 Å². The molecule has 0 aromatic heterocycles.